The maximum Gasteiger partial charge on any atom is 0.128 e. The molecule has 0 fully saturated rings. The molecule has 0 saturated heterocycles. The Bertz CT molecular complexity index is 600. The average Bonchev–Trinajstić information content (AvgIpc) is 2.53. The van der Waals surface area contributed by atoms with Crippen LogP contribution in [0.4, 0.5) is 0 Å². The number of ether oxygens (including phenoxy) is 3. The van der Waals surface area contributed by atoms with Crippen LogP contribution >= 0.6 is 0 Å². The van der Waals surface area contributed by atoms with Crippen molar-refractivity contribution in [3.63, 3.8) is 0 Å². The number of hydrogen-bond donors (Lipinski definition) is 1. The summed E-state index contributed by atoms with van der Waals surface area (Å²) in [5.41, 5.74) is 2.32. The molecule has 21 heavy (non-hydrogen) atoms. The third kappa shape index (κ3) is 2.95. The minimum atomic E-state index is -0.897. The van der Waals surface area contributed by atoms with Crippen LogP contribution in [-0.2, 0) is 0 Å². The van der Waals surface area contributed by atoms with Crippen LogP contribution in [0.15, 0.2) is 36.4 Å². The maximum absolute atomic E-state index is 10.8. The molecule has 0 radical (unpaired) electrons. The summed E-state index contributed by atoms with van der Waals surface area (Å²) >= 11 is 0. The lowest BCUT2D eigenvalue weighted by Crippen LogP contribution is -2.06. The zero-order chi connectivity index (χ0) is 15.4. The molecule has 2 aromatic carbocycles. The molecule has 112 valence electrons. The van der Waals surface area contributed by atoms with E-state index in [0.29, 0.717) is 28.4 Å². The molecule has 0 heterocycles. The third-order valence-electron chi connectivity index (χ3n) is 3.42. The molecule has 0 amide bonds. The zero-order valence-electron chi connectivity index (χ0n) is 12.7. The van der Waals surface area contributed by atoms with Gasteiger partial charge in [-0.2, -0.15) is 0 Å². The van der Waals surface area contributed by atoms with Crippen LogP contribution in [-0.4, -0.2) is 26.4 Å². The number of rotatable bonds is 5. The Hall–Kier alpha value is -2.20. The van der Waals surface area contributed by atoms with E-state index in [0.717, 1.165) is 5.56 Å². The minimum Gasteiger partial charge on any atom is -0.496 e. The van der Waals surface area contributed by atoms with Gasteiger partial charge >= 0.3 is 0 Å². The van der Waals surface area contributed by atoms with E-state index in [2.05, 4.69) is 0 Å². The van der Waals surface area contributed by atoms with Crippen molar-refractivity contribution < 1.29 is 19.3 Å². The van der Waals surface area contributed by atoms with Crippen molar-refractivity contribution in [3.8, 4) is 17.2 Å². The van der Waals surface area contributed by atoms with Crippen molar-refractivity contribution in [2.24, 2.45) is 0 Å². The lowest BCUT2D eigenvalue weighted by atomic mass is 9.97. The van der Waals surface area contributed by atoms with Gasteiger partial charge in [-0.3, -0.25) is 0 Å². The van der Waals surface area contributed by atoms with Crippen LogP contribution in [0.25, 0.3) is 0 Å². The molecule has 0 aliphatic heterocycles. The van der Waals surface area contributed by atoms with Crippen molar-refractivity contribution in [3.05, 3.63) is 53.1 Å². The maximum atomic E-state index is 10.8. The number of aryl methyl sites for hydroxylation is 1. The molecule has 0 aliphatic rings. The topological polar surface area (TPSA) is 47.9 Å². The number of aliphatic hydroxyl groups is 1. The van der Waals surface area contributed by atoms with E-state index in [4.69, 9.17) is 14.2 Å². The highest BCUT2D eigenvalue weighted by Crippen LogP contribution is 2.40. The van der Waals surface area contributed by atoms with Crippen LogP contribution in [0.3, 0.4) is 0 Å². The summed E-state index contributed by atoms with van der Waals surface area (Å²) in [7, 11) is 4.72. The minimum absolute atomic E-state index is 0.574. The molecular formula is C17H20O4. The molecule has 0 aliphatic carbocycles. The largest absolute Gasteiger partial charge is 0.496 e. The summed E-state index contributed by atoms with van der Waals surface area (Å²) in [5, 5.41) is 10.8. The molecule has 1 unspecified atom stereocenters. The summed E-state index contributed by atoms with van der Waals surface area (Å²) in [6.45, 7) is 1.97. The Balaban J connectivity index is 2.56. The quantitative estimate of drug-likeness (QED) is 0.918. The van der Waals surface area contributed by atoms with E-state index in [1.54, 1.807) is 33.5 Å². The highest BCUT2D eigenvalue weighted by atomic mass is 16.5. The molecule has 1 atom stereocenters. The second-order valence-corrected chi connectivity index (χ2v) is 4.72. The molecule has 0 bridgehead atoms. The first kappa shape index (κ1) is 15.2. The van der Waals surface area contributed by atoms with Gasteiger partial charge in [-0.15, -0.1) is 0 Å². The molecule has 0 spiro atoms. The van der Waals surface area contributed by atoms with E-state index in [9.17, 15) is 5.11 Å². The van der Waals surface area contributed by atoms with Gasteiger partial charge in [0.1, 0.15) is 23.4 Å². The highest BCUT2D eigenvalue weighted by molar-refractivity contribution is 5.52. The SMILES string of the molecule is COc1cc(C)ccc1C(O)c1c(OC)cccc1OC. The predicted octanol–water partition coefficient (Wildman–Crippen LogP) is 3.10. The van der Waals surface area contributed by atoms with Gasteiger partial charge in [0.25, 0.3) is 0 Å². The number of methoxy groups -OCH3 is 3. The Morgan fingerprint density at radius 3 is 1.95 bits per heavy atom. The number of hydrogen-bond acceptors (Lipinski definition) is 4. The summed E-state index contributed by atoms with van der Waals surface area (Å²) in [5.74, 6) is 1.78. The summed E-state index contributed by atoms with van der Waals surface area (Å²) in [6.07, 6.45) is -0.897. The first-order chi connectivity index (χ1) is 10.1. The van der Waals surface area contributed by atoms with Gasteiger partial charge in [-0.05, 0) is 30.7 Å². The Morgan fingerprint density at radius 2 is 1.43 bits per heavy atom. The highest BCUT2D eigenvalue weighted by Gasteiger charge is 2.23. The first-order valence-electron chi connectivity index (χ1n) is 6.65. The van der Waals surface area contributed by atoms with Crippen molar-refractivity contribution in [1.82, 2.24) is 0 Å². The van der Waals surface area contributed by atoms with Crippen molar-refractivity contribution in [2.75, 3.05) is 21.3 Å². The summed E-state index contributed by atoms with van der Waals surface area (Å²) in [6, 6.07) is 11.1. The van der Waals surface area contributed by atoms with Gasteiger partial charge in [0.2, 0.25) is 0 Å². The number of benzene rings is 2. The zero-order valence-corrected chi connectivity index (χ0v) is 12.7. The van der Waals surface area contributed by atoms with Gasteiger partial charge in [0.05, 0.1) is 26.9 Å². The van der Waals surface area contributed by atoms with E-state index in [-0.39, 0.29) is 0 Å². The monoisotopic (exact) mass is 288 g/mol. The van der Waals surface area contributed by atoms with Gasteiger partial charge in [0.15, 0.2) is 0 Å². The second-order valence-electron chi connectivity index (χ2n) is 4.72. The van der Waals surface area contributed by atoms with Gasteiger partial charge in [-0.25, -0.2) is 0 Å². The third-order valence-corrected chi connectivity index (χ3v) is 3.42. The van der Waals surface area contributed by atoms with Gasteiger partial charge in [-0.1, -0.05) is 18.2 Å². The lowest BCUT2D eigenvalue weighted by Gasteiger charge is -2.20. The lowest BCUT2D eigenvalue weighted by molar-refractivity contribution is 0.204. The number of aliphatic hydroxyl groups excluding tert-OH is 1. The van der Waals surface area contributed by atoms with Gasteiger partial charge in [0, 0.05) is 5.56 Å². The molecular weight excluding hydrogens is 268 g/mol. The molecule has 0 saturated carbocycles. The van der Waals surface area contributed by atoms with E-state index < -0.39 is 6.10 Å². The van der Waals surface area contributed by atoms with Crippen LogP contribution in [0.5, 0.6) is 17.2 Å². The second kappa shape index (κ2) is 6.50. The van der Waals surface area contributed by atoms with E-state index in [1.807, 2.05) is 31.2 Å². The molecule has 0 aromatic heterocycles. The van der Waals surface area contributed by atoms with Gasteiger partial charge < -0.3 is 19.3 Å². The fourth-order valence-corrected chi connectivity index (χ4v) is 2.35. The average molecular weight is 288 g/mol. The summed E-state index contributed by atoms with van der Waals surface area (Å²) < 4.78 is 16.1. The molecule has 1 N–H and O–H groups in total. The predicted molar refractivity (Wildman–Crippen MR) is 81.3 cm³/mol. The molecule has 4 heteroatoms. The van der Waals surface area contributed by atoms with Crippen molar-refractivity contribution in [2.45, 2.75) is 13.0 Å². The van der Waals surface area contributed by atoms with Crippen LogP contribution in [0.2, 0.25) is 0 Å². The van der Waals surface area contributed by atoms with Crippen molar-refractivity contribution >= 4 is 0 Å². The van der Waals surface area contributed by atoms with Crippen molar-refractivity contribution in [1.29, 1.82) is 0 Å². The first-order valence-corrected chi connectivity index (χ1v) is 6.65. The Kier molecular flexibility index (Phi) is 4.70. The van der Waals surface area contributed by atoms with Crippen LogP contribution in [0.1, 0.15) is 22.8 Å². The molecule has 2 rings (SSSR count). The standard InChI is InChI=1S/C17H20O4/c1-11-8-9-12(15(10-11)21-4)17(18)16-13(19-2)6-5-7-14(16)20-3/h5-10,17-18H,1-4H3. The Morgan fingerprint density at radius 1 is 0.857 bits per heavy atom. The van der Waals surface area contributed by atoms with E-state index in [1.165, 1.54) is 0 Å². The fourth-order valence-electron chi connectivity index (χ4n) is 2.35. The fraction of sp³-hybridized carbons (Fsp3) is 0.294. The summed E-state index contributed by atoms with van der Waals surface area (Å²) in [4.78, 5) is 0. The normalized spacial score (nSPS) is 11.9. The molecule has 2 aromatic rings. The molecule has 4 nitrogen and oxygen atoms in total. The van der Waals surface area contributed by atoms with Crippen LogP contribution < -0.4 is 14.2 Å². The smallest absolute Gasteiger partial charge is 0.128 e. The van der Waals surface area contributed by atoms with E-state index >= 15 is 0 Å². The Labute approximate surface area is 124 Å². The van der Waals surface area contributed by atoms with Crippen LogP contribution in [0, 0.1) is 6.92 Å².